The van der Waals surface area contributed by atoms with Crippen LogP contribution >= 0.6 is 0 Å². The van der Waals surface area contributed by atoms with Crippen LogP contribution in [0.25, 0.3) is 0 Å². The van der Waals surface area contributed by atoms with Crippen molar-refractivity contribution in [2.75, 3.05) is 4.90 Å². The van der Waals surface area contributed by atoms with E-state index in [-0.39, 0.29) is 0 Å². The van der Waals surface area contributed by atoms with E-state index in [2.05, 4.69) is 9.97 Å². The van der Waals surface area contributed by atoms with Gasteiger partial charge in [-0.15, -0.1) is 0 Å². The van der Waals surface area contributed by atoms with E-state index in [0.29, 0.717) is 17.1 Å². The van der Waals surface area contributed by atoms with E-state index in [0.717, 1.165) is 0 Å². The van der Waals surface area contributed by atoms with Crippen LogP contribution in [-0.2, 0) is 0 Å². The summed E-state index contributed by atoms with van der Waals surface area (Å²) < 4.78 is 5.42. The van der Waals surface area contributed by atoms with Gasteiger partial charge in [0.15, 0.2) is 0 Å². The predicted molar refractivity (Wildman–Crippen MR) is 83.1 cm³/mol. The highest BCUT2D eigenvalue weighted by atomic mass is 16.6. The molecule has 0 aliphatic rings. The molecule has 2 aromatic heterocycles. The van der Waals surface area contributed by atoms with E-state index in [1.54, 1.807) is 73.3 Å². The number of pyridine rings is 2. The maximum absolute atomic E-state index is 12.6. The zero-order chi connectivity index (χ0) is 15.2. The monoisotopic (exact) mass is 291 g/mol. The van der Waals surface area contributed by atoms with Crippen LogP contribution in [0, 0.1) is 0 Å². The van der Waals surface area contributed by atoms with Crippen molar-refractivity contribution in [3.8, 4) is 5.75 Å². The molecule has 3 rings (SSSR count). The normalized spacial score (nSPS) is 10.0. The predicted octanol–water partition coefficient (Wildman–Crippen LogP) is 3.81. The first-order valence-corrected chi connectivity index (χ1v) is 6.71. The Morgan fingerprint density at radius 2 is 1.41 bits per heavy atom. The van der Waals surface area contributed by atoms with Gasteiger partial charge < -0.3 is 4.74 Å². The van der Waals surface area contributed by atoms with Crippen LogP contribution in [0.15, 0.2) is 79.4 Å². The molecular weight excluding hydrogens is 278 g/mol. The Morgan fingerprint density at radius 1 is 0.818 bits per heavy atom. The number of benzene rings is 1. The molecule has 3 aromatic rings. The first-order valence-electron chi connectivity index (χ1n) is 6.71. The molecule has 0 radical (unpaired) electrons. The molecule has 0 saturated carbocycles. The topological polar surface area (TPSA) is 55.3 Å². The summed E-state index contributed by atoms with van der Waals surface area (Å²) in [5, 5.41) is 0. The lowest BCUT2D eigenvalue weighted by atomic mass is 10.3. The Balaban J connectivity index is 1.94. The highest BCUT2D eigenvalue weighted by Crippen LogP contribution is 2.25. The molecule has 5 nitrogen and oxygen atoms in total. The van der Waals surface area contributed by atoms with Gasteiger partial charge in [0, 0.05) is 12.4 Å². The van der Waals surface area contributed by atoms with E-state index in [1.165, 1.54) is 4.90 Å². The number of amides is 1. The summed E-state index contributed by atoms with van der Waals surface area (Å²) in [4.78, 5) is 22.1. The maximum atomic E-state index is 12.6. The number of carbonyl (C=O) groups excluding carboxylic acids is 1. The largest absolute Gasteiger partial charge is 0.424 e. The van der Waals surface area contributed by atoms with Crippen molar-refractivity contribution in [1.82, 2.24) is 9.97 Å². The fourth-order valence-electron chi connectivity index (χ4n) is 1.97. The summed E-state index contributed by atoms with van der Waals surface area (Å²) in [6.45, 7) is 0. The van der Waals surface area contributed by atoms with E-state index in [4.69, 9.17) is 4.74 Å². The zero-order valence-electron chi connectivity index (χ0n) is 11.7. The van der Waals surface area contributed by atoms with Gasteiger partial charge in [-0.1, -0.05) is 18.2 Å². The second-order valence-electron chi connectivity index (χ2n) is 4.44. The van der Waals surface area contributed by atoms with Gasteiger partial charge in [0.05, 0.1) is 23.8 Å². The summed E-state index contributed by atoms with van der Waals surface area (Å²) in [5.74, 6) is 0.477. The zero-order valence-corrected chi connectivity index (χ0v) is 11.7. The molecule has 0 aliphatic carbocycles. The number of nitrogens with zero attached hydrogens (tertiary/aromatic N) is 3. The molecule has 0 bridgehead atoms. The third-order valence-electron chi connectivity index (χ3n) is 2.94. The van der Waals surface area contributed by atoms with Crippen LogP contribution in [0.5, 0.6) is 5.75 Å². The lowest BCUT2D eigenvalue weighted by Crippen LogP contribution is -2.29. The van der Waals surface area contributed by atoms with Gasteiger partial charge in [0.25, 0.3) is 0 Å². The average molecular weight is 291 g/mol. The second-order valence-corrected chi connectivity index (χ2v) is 4.44. The molecule has 1 aromatic carbocycles. The maximum Gasteiger partial charge on any atom is 0.424 e. The van der Waals surface area contributed by atoms with E-state index in [9.17, 15) is 4.79 Å². The Labute approximate surface area is 127 Å². The van der Waals surface area contributed by atoms with Crippen molar-refractivity contribution in [2.24, 2.45) is 0 Å². The highest BCUT2D eigenvalue weighted by Gasteiger charge is 2.20. The van der Waals surface area contributed by atoms with E-state index < -0.39 is 6.09 Å². The molecule has 2 heterocycles. The van der Waals surface area contributed by atoms with Gasteiger partial charge in [-0.2, -0.15) is 0 Å². The Hall–Kier alpha value is -3.21. The minimum atomic E-state index is -0.521. The minimum absolute atomic E-state index is 0.477. The van der Waals surface area contributed by atoms with Crippen molar-refractivity contribution in [3.63, 3.8) is 0 Å². The van der Waals surface area contributed by atoms with Crippen molar-refractivity contribution >= 4 is 17.5 Å². The molecule has 0 spiro atoms. The summed E-state index contributed by atoms with van der Waals surface area (Å²) in [6, 6.07) is 16.0. The van der Waals surface area contributed by atoms with Crippen LogP contribution in [0.1, 0.15) is 0 Å². The number of carbonyl (C=O) groups is 1. The van der Waals surface area contributed by atoms with E-state index in [1.807, 2.05) is 6.07 Å². The summed E-state index contributed by atoms with van der Waals surface area (Å²) in [6.07, 6.45) is 5.96. The minimum Gasteiger partial charge on any atom is -0.410 e. The molecule has 0 aliphatic heterocycles. The van der Waals surface area contributed by atoms with Crippen molar-refractivity contribution in [2.45, 2.75) is 0 Å². The molecule has 0 unspecified atom stereocenters. The molecule has 0 fully saturated rings. The number of para-hydroxylation sites is 1. The van der Waals surface area contributed by atoms with Crippen molar-refractivity contribution < 1.29 is 9.53 Å². The standard InChI is InChI=1S/C17H13N3O2/c21-17(22-16-8-2-1-3-9-16)20(14-6-4-10-18-12-14)15-7-5-11-19-13-15/h1-13H. The molecule has 1 amide bonds. The van der Waals surface area contributed by atoms with Crippen LogP contribution in [0.4, 0.5) is 16.2 Å². The molecule has 0 atom stereocenters. The van der Waals surface area contributed by atoms with Gasteiger partial charge in [-0.3, -0.25) is 9.97 Å². The van der Waals surface area contributed by atoms with Gasteiger partial charge in [0.1, 0.15) is 5.75 Å². The molecule has 22 heavy (non-hydrogen) atoms. The van der Waals surface area contributed by atoms with Gasteiger partial charge in [-0.25, -0.2) is 9.69 Å². The third-order valence-corrected chi connectivity index (χ3v) is 2.94. The summed E-state index contributed by atoms with van der Waals surface area (Å²) in [5.41, 5.74) is 1.22. The second kappa shape index (κ2) is 6.49. The van der Waals surface area contributed by atoms with Crippen molar-refractivity contribution in [1.29, 1.82) is 0 Å². The van der Waals surface area contributed by atoms with Gasteiger partial charge >= 0.3 is 6.09 Å². The van der Waals surface area contributed by atoms with Crippen LogP contribution in [0.3, 0.4) is 0 Å². The molecule has 5 heteroatoms. The Bertz CT molecular complexity index is 694. The third kappa shape index (κ3) is 3.09. The van der Waals surface area contributed by atoms with Crippen LogP contribution in [-0.4, -0.2) is 16.1 Å². The molecular formula is C17H13N3O2. The quantitative estimate of drug-likeness (QED) is 0.736. The number of anilines is 2. The Kier molecular flexibility index (Phi) is 4.06. The van der Waals surface area contributed by atoms with E-state index >= 15 is 0 Å². The molecule has 0 N–H and O–H groups in total. The number of aromatic nitrogens is 2. The number of rotatable bonds is 3. The number of hydrogen-bond acceptors (Lipinski definition) is 4. The summed E-state index contributed by atoms with van der Waals surface area (Å²) >= 11 is 0. The fourth-order valence-corrected chi connectivity index (χ4v) is 1.97. The first kappa shape index (κ1) is 13.8. The summed E-state index contributed by atoms with van der Waals surface area (Å²) in [7, 11) is 0. The smallest absolute Gasteiger partial charge is 0.410 e. The van der Waals surface area contributed by atoms with Gasteiger partial charge in [-0.05, 0) is 36.4 Å². The Morgan fingerprint density at radius 3 is 1.91 bits per heavy atom. The molecule has 108 valence electrons. The SMILES string of the molecule is O=C(Oc1ccccc1)N(c1cccnc1)c1cccnc1. The number of ether oxygens (including phenoxy) is 1. The highest BCUT2D eigenvalue weighted by molar-refractivity contribution is 5.96. The lowest BCUT2D eigenvalue weighted by Gasteiger charge is -2.21. The fraction of sp³-hybridized carbons (Fsp3) is 0. The van der Waals surface area contributed by atoms with Crippen molar-refractivity contribution in [3.05, 3.63) is 79.4 Å². The lowest BCUT2D eigenvalue weighted by molar-refractivity contribution is 0.210. The average Bonchev–Trinajstić information content (AvgIpc) is 2.58. The van der Waals surface area contributed by atoms with Gasteiger partial charge in [0.2, 0.25) is 0 Å². The first-order chi connectivity index (χ1) is 10.8. The van der Waals surface area contributed by atoms with Crippen LogP contribution in [0.2, 0.25) is 0 Å². The van der Waals surface area contributed by atoms with Crippen LogP contribution < -0.4 is 9.64 Å². The molecule has 0 saturated heterocycles. The number of hydrogen-bond donors (Lipinski definition) is 0.